The van der Waals surface area contributed by atoms with E-state index in [2.05, 4.69) is 17.5 Å². The molecule has 34 heavy (non-hydrogen) atoms. The molecule has 190 valence electrons. The number of carboxylic acids is 4. The van der Waals surface area contributed by atoms with E-state index in [0.29, 0.717) is 12.1 Å². The van der Waals surface area contributed by atoms with E-state index in [4.69, 9.17) is 26.2 Å². The van der Waals surface area contributed by atoms with Crippen LogP contribution in [0.25, 0.3) is 0 Å². The lowest BCUT2D eigenvalue weighted by molar-refractivity contribution is -0.148. The Morgan fingerprint density at radius 2 is 1.44 bits per heavy atom. The number of hydrogen-bond acceptors (Lipinski definition) is 8. The second kappa shape index (κ2) is 17.2. The summed E-state index contributed by atoms with van der Waals surface area (Å²) in [6, 6.07) is 7.52. The lowest BCUT2D eigenvalue weighted by Gasteiger charge is -2.29. The van der Waals surface area contributed by atoms with Crippen molar-refractivity contribution in [1.82, 2.24) is 15.1 Å². The molecule has 0 radical (unpaired) electrons. The maximum Gasteiger partial charge on any atom is 0.321 e. The Labute approximate surface area is 201 Å². The molecular formula is C20H30N4O9S. The van der Waals surface area contributed by atoms with Crippen molar-refractivity contribution < 1.29 is 44.7 Å². The van der Waals surface area contributed by atoms with Crippen LogP contribution in [0, 0.1) is 0 Å². The van der Waals surface area contributed by atoms with E-state index >= 15 is 0 Å². The molecule has 1 aromatic carbocycles. The van der Waals surface area contributed by atoms with Crippen molar-refractivity contribution in [3.05, 3.63) is 35.9 Å². The van der Waals surface area contributed by atoms with Crippen molar-refractivity contribution in [3.8, 4) is 0 Å². The lowest BCUT2D eigenvalue weighted by atomic mass is 10.0. The van der Waals surface area contributed by atoms with Crippen LogP contribution in [0.15, 0.2) is 30.3 Å². The van der Waals surface area contributed by atoms with E-state index in [-0.39, 0.29) is 31.2 Å². The molecule has 13 nitrogen and oxygen atoms in total. The van der Waals surface area contributed by atoms with Gasteiger partial charge in [-0.05, 0) is 24.2 Å². The molecule has 0 fully saturated rings. The molecule has 1 unspecified atom stereocenters. The van der Waals surface area contributed by atoms with Gasteiger partial charge in [0.1, 0.15) is 6.04 Å². The summed E-state index contributed by atoms with van der Waals surface area (Å²) in [5, 5.41) is 47.3. The summed E-state index contributed by atoms with van der Waals surface area (Å²) in [6.45, 7) is -1.39. The first-order valence-electron chi connectivity index (χ1n) is 9.98. The first-order chi connectivity index (χ1) is 16.0. The minimum absolute atomic E-state index is 0.0569. The van der Waals surface area contributed by atoms with Gasteiger partial charge in [0.2, 0.25) is 0 Å². The molecule has 0 aliphatic heterocycles. The molecule has 0 aliphatic carbocycles. The van der Waals surface area contributed by atoms with E-state index < -0.39 is 49.6 Å². The van der Waals surface area contributed by atoms with Crippen molar-refractivity contribution in [2.45, 2.75) is 12.5 Å². The highest BCUT2D eigenvalue weighted by molar-refractivity contribution is 7.80. The number of nitrogens with one attached hydrogen (secondary N) is 1. The second-order valence-corrected chi connectivity index (χ2v) is 7.36. The molecule has 8 N–H and O–H groups in total. The van der Waals surface area contributed by atoms with Gasteiger partial charge in [0.15, 0.2) is 5.11 Å². The SMILES string of the molecule is NC(=S)NCCO.O=C(O)CN(CCN(CC(=O)O)C(Cc1ccccc1)C(=O)O)CC(=O)O. The summed E-state index contributed by atoms with van der Waals surface area (Å²) in [7, 11) is 0. The molecule has 0 saturated carbocycles. The molecule has 1 rings (SSSR count). The number of nitrogens with two attached hydrogens (primary N) is 1. The minimum atomic E-state index is -1.24. The fourth-order valence-corrected chi connectivity index (χ4v) is 2.88. The second-order valence-electron chi connectivity index (χ2n) is 6.92. The number of hydrogen-bond donors (Lipinski definition) is 7. The normalized spacial score (nSPS) is 11.3. The summed E-state index contributed by atoms with van der Waals surface area (Å²) in [6.07, 6.45) is 0.0569. The van der Waals surface area contributed by atoms with E-state index in [0.717, 1.165) is 4.90 Å². The molecule has 0 spiro atoms. The molecule has 0 aromatic heterocycles. The number of aliphatic carboxylic acids is 4. The summed E-state index contributed by atoms with van der Waals surface area (Å²) < 4.78 is 0. The number of thiocarbonyl (C=S) groups is 1. The Hall–Kier alpha value is -3.33. The zero-order valence-electron chi connectivity index (χ0n) is 18.4. The van der Waals surface area contributed by atoms with Gasteiger partial charge >= 0.3 is 23.9 Å². The third kappa shape index (κ3) is 15.5. The van der Waals surface area contributed by atoms with Crippen LogP contribution in [0.3, 0.4) is 0 Å². The fourth-order valence-electron chi connectivity index (χ4n) is 2.77. The van der Waals surface area contributed by atoms with Gasteiger partial charge in [-0.2, -0.15) is 0 Å². The van der Waals surface area contributed by atoms with Crippen molar-refractivity contribution in [2.75, 3.05) is 45.9 Å². The number of aliphatic hydroxyl groups is 1. The quantitative estimate of drug-likeness (QED) is 0.134. The highest BCUT2D eigenvalue weighted by Crippen LogP contribution is 2.10. The van der Waals surface area contributed by atoms with Crippen LogP contribution < -0.4 is 11.1 Å². The van der Waals surface area contributed by atoms with Crippen LogP contribution in [0.1, 0.15) is 5.56 Å². The first-order valence-corrected chi connectivity index (χ1v) is 10.4. The van der Waals surface area contributed by atoms with Crippen molar-refractivity contribution >= 4 is 41.2 Å². The number of carboxylic acid groups (broad SMARTS) is 4. The van der Waals surface area contributed by atoms with Gasteiger partial charge in [-0.15, -0.1) is 0 Å². The lowest BCUT2D eigenvalue weighted by Crippen LogP contribution is -2.49. The minimum Gasteiger partial charge on any atom is -0.480 e. The van der Waals surface area contributed by atoms with Gasteiger partial charge in [0, 0.05) is 19.6 Å². The van der Waals surface area contributed by atoms with Crippen LogP contribution in [0.2, 0.25) is 0 Å². The zero-order valence-corrected chi connectivity index (χ0v) is 19.2. The van der Waals surface area contributed by atoms with E-state index in [1.807, 2.05) is 0 Å². The molecule has 1 atom stereocenters. The topological polar surface area (TPSA) is 214 Å². The number of benzene rings is 1. The maximum absolute atomic E-state index is 11.7. The largest absolute Gasteiger partial charge is 0.480 e. The van der Waals surface area contributed by atoms with Crippen LogP contribution in [0.4, 0.5) is 0 Å². The molecule has 0 amide bonds. The Morgan fingerprint density at radius 1 is 0.912 bits per heavy atom. The Morgan fingerprint density at radius 3 is 1.82 bits per heavy atom. The highest BCUT2D eigenvalue weighted by Gasteiger charge is 2.28. The molecule has 1 aromatic rings. The third-order valence-corrected chi connectivity index (χ3v) is 4.31. The molecule has 0 saturated heterocycles. The Kier molecular flexibility index (Phi) is 15.5. The molecule has 0 bridgehead atoms. The van der Waals surface area contributed by atoms with Gasteiger partial charge in [-0.3, -0.25) is 29.0 Å². The molecular weight excluding hydrogens is 472 g/mol. The number of aliphatic hydroxyl groups excluding tert-OH is 1. The van der Waals surface area contributed by atoms with Crippen LogP contribution >= 0.6 is 12.2 Å². The summed E-state index contributed by atoms with van der Waals surface area (Å²) in [5.74, 6) is -4.93. The average molecular weight is 503 g/mol. The van der Waals surface area contributed by atoms with Gasteiger partial charge in [-0.25, -0.2) is 0 Å². The summed E-state index contributed by atoms with van der Waals surface area (Å²) in [5.41, 5.74) is 5.69. The number of rotatable bonds is 15. The van der Waals surface area contributed by atoms with Gasteiger partial charge in [0.05, 0.1) is 26.2 Å². The molecule has 14 heteroatoms. The Balaban J connectivity index is 0.00000135. The summed E-state index contributed by atoms with van der Waals surface area (Å²) in [4.78, 5) is 46.9. The van der Waals surface area contributed by atoms with Crippen LogP contribution in [0.5, 0.6) is 0 Å². The van der Waals surface area contributed by atoms with Crippen molar-refractivity contribution in [3.63, 3.8) is 0 Å². The third-order valence-electron chi connectivity index (χ3n) is 4.17. The maximum atomic E-state index is 11.7. The van der Waals surface area contributed by atoms with E-state index in [1.165, 1.54) is 4.90 Å². The van der Waals surface area contributed by atoms with Crippen LogP contribution in [-0.2, 0) is 25.6 Å². The standard InChI is InChI=1S/C17H22N2O8.C3H8N2OS/c20-14(21)9-18(10-15(22)23)6-7-19(11-16(24)25)13(17(26)27)8-12-4-2-1-3-5-12;4-3(7)5-1-2-6/h1-5,13H,6-11H2,(H,20,21)(H,22,23)(H,24,25)(H,26,27);6H,1-2H2,(H3,4,5,7). The smallest absolute Gasteiger partial charge is 0.321 e. The van der Waals surface area contributed by atoms with Crippen molar-refractivity contribution in [2.24, 2.45) is 5.73 Å². The van der Waals surface area contributed by atoms with Crippen LogP contribution in [-0.4, -0.2) is 116 Å². The van der Waals surface area contributed by atoms with Gasteiger partial charge in [0.25, 0.3) is 0 Å². The highest BCUT2D eigenvalue weighted by atomic mass is 32.1. The van der Waals surface area contributed by atoms with Gasteiger partial charge in [-0.1, -0.05) is 30.3 Å². The van der Waals surface area contributed by atoms with Gasteiger partial charge < -0.3 is 36.6 Å². The number of nitrogens with zero attached hydrogens (tertiary/aromatic N) is 2. The molecule has 0 aliphatic rings. The Bertz CT molecular complexity index is 794. The number of carbonyl (C=O) groups is 4. The average Bonchev–Trinajstić information content (AvgIpc) is 2.73. The summed E-state index contributed by atoms with van der Waals surface area (Å²) >= 11 is 4.42. The van der Waals surface area contributed by atoms with Crippen molar-refractivity contribution in [1.29, 1.82) is 0 Å². The predicted molar refractivity (Wildman–Crippen MR) is 124 cm³/mol. The van der Waals surface area contributed by atoms with E-state index in [1.54, 1.807) is 30.3 Å². The fraction of sp³-hybridized carbons (Fsp3) is 0.450. The van der Waals surface area contributed by atoms with E-state index in [9.17, 15) is 24.3 Å². The predicted octanol–water partition coefficient (Wildman–Crippen LogP) is -1.65. The zero-order chi connectivity index (χ0) is 26.1. The monoisotopic (exact) mass is 502 g/mol. The first kappa shape index (κ1) is 30.7. The molecule has 0 heterocycles.